The zero-order valence-corrected chi connectivity index (χ0v) is 16.4. The third-order valence-corrected chi connectivity index (χ3v) is 4.47. The molecule has 0 heterocycles. The van der Waals surface area contributed by atoms with Gasteiger partial charge in [0.15, 0.2) is 5.78 Å². The number of benzene rings is 3. The second kappa shape index (κ2) is 9.83. The van der Waals surface area contributed by atoms with E-state index >= 15 is 0 Å². The Morgan fingerprint density at radius 3 is 2.00 bits per heavy atom. The van der Waals surface area contributed by atoms with Gasteiger partial charge in [-0.2, -0.15) is 0 Å². The van der Waals surface area contributed by atoms with Gasteiger partial charge in [-0.3, -0.25) is 9.59 Å². The van der Waals surface area contributed by atoms with Crippen molar-refractivity contribution in [2.75, 3.05) is 6.54 Å². The highest BCUT2D eigenvalue weighted by molar-refractivity contribution is 5.97. The quantitative estimate of drug-likeness (QED) is 0.608. The molecular weight excluding hydrogens is 372 g/mol. The van der Waals surface area contributed by atoms with E-state index < -0.39 is 0 Å². The maximum Gasteiger partial charge on any atom is 0.251 e. The number of amides is 1. The van der Waals surface area contributed by atoms with Crippen molar-refractivity contribution in [3.8, 4) is 11.1 Å². The van der Waals surface area contributed by atoms with E-state index in [1.165, 1.54) is 0 Å². The van der Waals surface area contributed by atoms with Gasteiger partial charge in [0, 0.05) is 17.7 Å². The Morgan fingerprint density at radius 1 is 0.857 bits per heavy atom. The van der Waals surface area contributed by atoms with Crippen molar-refractivity contribution in [3.05, 3.63) is 95.6 Å². The molecule has 0 spiro atoms. The Labute approximate surface area is 171 Å². The fourth-order valence-corrected chi connectivity index (χ4v) is 2.96. The second-order valence-corrected chi connectivity index (χ2v) is 6.39. The van der Waals surface area contributed by atoms with Crippen LogP contribution < -0.4 is 11.1 Å². The molecule has 0 aliphatic rings. The van der Waals surface area contributed by atoms with Crippen LogP contribution in [0.25, 0.3) is 11.1 Å². The van der Waals surface area contributed by atoms with Crippen LogP contribution in [0.4, 0.5) is 0 Å². The Hall–Kier alpha value is -2.95. The van der Waals surface area contributed by atoms with E-state index in [-0.39, 0.29) is 30.1 Å². The van der Waals surface area contributed by atoms with Crippen LogP contribution in [0, 0.1) is 0 Å². The summed E-state index contributed by atoms with van der Waals surface area (Å²) in [5, 5.41) is 2.99. The fraction of sp³-hybridized carbons (Fsp3) is 0.130. The topological polar surface area (TPSA) is 72.2 Å². The van der Waals surface area contributed by atoms with Gasteiger partial charge in [-0.1, -0.05) is 60.7 Å². The van der Waals surface area contributed by atoms with Gasteiger partial charge in [-0.05, 0) is 41.8 Å². The zero-order chi connectivity index (χ0) is 19.2. The molecule has 0 saturated heterocycles. The van der Waals surface area contributed by atoms with Crippen LogP contribution in [0.5, 0.6) is 0 Å². The van der Waals surface area contributed by atoms with Gasteiger partial charge in [-0.15, -0.1) is 12.4 Å². The van der Waals surface area contributed by atoms with Crippen LogP contribution in [-0.4, -0.2) is 18.2 Å². The molecule has 28 heavy (non-hydrogen) atoms. The van der Waals surface area contributed by atoms with Crippen LogP contribution >= 0.6 is 12.4 Å². The van der Waals surface area contributed by atoms with Crippen molar-refractivity contribution < 1.29 is 9.59 Å². The maximum absolute atomic E-state index is 12.7. The van der Waals surface area contributed by atoms with Crippen LogP contribution in [0.1, 0.15) is 39.2 Å². The van der Waals surface area contributed by atoms with E-state index in [1.807, 2.05) is 66.7 Å². The van der Waals surface area contributed by atoms with Gasteiger partial charge < -0.3 is 11.1 Å². The number of carbonyl (C=O) groups excluding carboxylic acids is 2. The van der Waals surface area contributed by atoms with Gasteiger partial charge >= 0.3 is 0 Å². The lowest BCUT2D eigenvalue weighted by atomic mass is 9.99. The summed E-state index contributed by atoms with van der Waals surface area (Å²) >= 11 is 0. The largest absolute Gasteiger partial charge is 0.344 e. The summed E-state index contributed by atoms with van der Waals surface area (Å²) in [6, 6.07) is 24.2. The van der Waals surface area contributed by atoms with Gasteiger partial charge in [0.2, 0.25) is 0 Å². The Bertz CT molecular complexity index is 958. The van der Waals surface area contributed by atoms with Gasteiger partial charge in [0.05, 0.1) is 6.04 Å². The number of rotatable bonds is 6. The summed E-state index contributed by atoms with van der Waals surface area (Å²) in [5.74, 6) is -0.168. The highest BCUT2D eigenvalue weighted by Gasteiger charge is 2.15. The number of ketones is 1. The summed E-state index contributed by atoms with van der Waals surface area (Å²) in [7, 11) is 0. The summed E-state index contributed by atoms with van der Waals surface area (Å²) in [6.45, 7) is 1.86. The summed E-state index contributed by atoms with van der Waals surface area (Å²) in [6.07, 6.45) is 0. The fourth-order valence-electron chi connectivity index (χ4n) is 2.96. The predicted molar refractivity (Wildman–Crippen MR) is 115 cm³/mol. The molecule has 3 aromatic carbocycles. The highest BCUT2D eigenvalue weighted by atomic mass is 35.5. The van der Waals surface area contributed by atoms with E-state index in [0.29, 0.717) is 17.7 Å². The summed E-state index contributed by atoms with van der Waals surface area (Å²) in [5.41, 5.74) is 9.80. The van der Waals surface area contributed by atoms with Crippen molar-refractivity contribution in [1.29, 1.82) is 0 Å². The van der Waals surface area contributed by atoms with Crippen LogP contribution in [0.15, 0.2) is 78.9 Å². The minimum absolute atomic E-state index is 0. The Kier molecular flexibility index (Phi) is 7.50. The molecule has 0 bridgehead atoms. The minimum Gasteiger partial charge on any atom is -0.344 e. The summed E-state index contributed by atoms with van der Waals surface area (Å²) < 4.78 is 0. The molecule has 0 aliphatic carbocycles. The minimum atomic E-state index is -0.247. The molecule has 5 heteroatoms. The molecule has 0 radical (unpaired) electrons. The first kappa shape index (κ1) is 21.4. The molecule has 3 aromatic rings. The number of hydrogen-bond donors (Lipinski definition) is 2. The number of carbonyl (C=O) groups is 2. The van der Waals surface area contributed by atoms with Crippen LogP contribution in [0.3, 0.4) is 0 Å². The van der Waals surface area contributed by atoms with Crippen molar-refractivity contribution in [3.63, 3.8) is 0 Å². The molecule has 0 fully saturated rings. The molecule has 1 atom stereocenters. The van der Waals surface area contributed by atoms with Gasteiger partial charge in [0.25, 0.3) is 5.91 Å². The molecule has 1 amide bonds. The third-order valence-electron chi connectivity index (χ3n) is 4.47. The zero-order valence-electron chi connectivity index (χ0n) is 15.6. The predicted octanol–water partition coefficient (Wildman–Crippen LogP) is 4.41. The molecule has 0 aromatic heterocycles. The van der Waals surface area contributed by atoms with Gasteiger partial charge in [0.1, 0.15) is 0 Å². The smallest absolute Gasteiger partial charge is 0.251 e. The van der Waals surface area contributed by atoms with Gasteiger partial charge in [-0.25, -0.2) is 0 Å². The number of nitrogens with one attached hydrogen (secondary N) is 1. The molecule has 0 saturated carbocycles. The highest BCUT2D eigenvalue weighted by Crippen LogP contribution is 2.22. The van der Waals surface area contributed by atoms with Crippen molar-refractivity contribution >= 4 is 24.1 Å². The number of nitrogens with two attached hydrogens (primary N) is 1. The van der Waals surface area contributed by atoms with Crippen molar-refractivity contribution in [2.24, 2.45) is 5.73 Å². The normalized spacial score (nSPS) is 11.2. The first-order chi connectivity index (χ1) is 13.1. The molecule has 144 valence electrons. The van der Waals surface area contributed by atoms with E-state index in [4.69, 9.17) is 5.73 Å². The van der Waals surface area contributed by atoms with Crippen LogP contribution in [0.2, 0.25) is 0 Å². The number of hydrogen-bond acceptors (Lipinski definition) is 3. The maximum atomic E-state index is 12.7. The lowest BCUT2D eigenvalue weighted by molar-refractivity contribution is 0.0937. The summed E-state index contributed by atoms with van der Waals surface area (Å²) in [4.78, 5) is 24.3. The SMILES string of the molecule is CC(=O)c1cccc(-c2cccc(C(=O)N[C@@H](CN)c3ccccc3)c2)c1.Cl. The van der Waals surface area contributed by atoms with Crippen molar-refractivity contribution in [2.45, 2.75) is 13.0 Å². The molecule has 3 rings (SSSR count). The van der Waals surface area contributed by atoms with E-state index in [2.05, 4.69) is 5.32 Å². The van der Waals surface area contributed by atoms with E-state index in [9.17, 15) is 9.59 Å². The molecule has 3 N–H and O–H groups in total. The lowest BCUT2D eigenvalue weighted by Crippen LogP contribution is -2.33. The number of halogens is 1. The first-order valence-electron chi connectivity index (χ1n) is 8.86. The lowest BCUT2D eigenvalue weighted by Gasteiger charge is -2.17. The first-order valence-corrected chi connectivity index (χ1v) is 8.86. The second-order valence-electron chi connectivity index (χ2n) is 6.39. The number of Topliss-reactive ketones (excluding diaryl/α,β-unsaturated/α-hetero) is 1. The average Bonchev–Trinajstić information content (AvgIpc) is 2.72. The Morgan fingerprint density at radius 2 is 1.43 bits per heavy atom. The van der Waals surface area contributed by atoms with Crippen molar-refractivity contribution in [1.82, 2.24) is 5.32 Å². The third kappa shape index (κ3) is 5.06. The molecule has 0 aliphatic heterocycles. The van der Waals surface area contributed by atoms with E-state index in [0.717, 1.165) is 16.7 Å². The van der Waals surface area contributed by atoms with E-state index in [1.54, 1.807) is 19.1 Å². The molecule has 4 nitrogen and oxygen atoms in total. The average molecular weight is 395 g/mol. The standard InChI is InChI=1S/C23H22N2O2.ClH/c1-16(26)18-9-5-10-19(13-18)20-11-6-12-21(14-20)23(27)25-22(15-24)17-7-3-2-4-8-17;/h2-14,22H,15,24H2,1H3,(H,25,27);1H/t22-;/m0./s1. The molecular formula is C23H23ClN2O2. The molecule has 0 unspecified atom stereocenters. The van der Waals surface area contributed by atoms with Crippen LogP contribution in [-0.2, 0) is 0 Å². The monoisotopic (exact) mass is 394 g/mol. The Balaban J connectivity index is 0.00000280.